The largest absolute Gasteiger partial charge is 0.490 e. The Labute approximate surface area is 167 Å². The molecule has 0 spiro atoms. The normalized spacial score (nSPS) is 12.1. The second kappa shape index (κ2) is 10.1. The van der Waals surface area contributed by atoms with Crippen molar-refractivity contribution in [3.8, 4) is 28.0 Å². The number of hydrogen-bond acceptors (Lipinski definition) is 3. The molecule has 0 N–H and O–H groups in total. The summed E-state index contributed by atoms with van der Waals surface area (Å²) in [6, 6.07) is 26.9. The topological polar surface area (TPSA) is 27.7 Å². The lowest BCUT2D eigenvalue weighted by Gasteiger charge is -2.19. The van der Waals surface area contributed by atoms with Gasteiger partial charge >= 0.3 is 0 Å². The van der Waals surface area contributed by atoms with Gasteiger partial charge in [-0.05, 0) is 31.9 Å². The number of benzene rings is 3. The molecule has 3 nitrogen and oxygen atoms in total. The van der Waals surface area contributed by atoms with Crippen LogP contribution in [0.2, 0.25) is 0 Å². The Morgan fingerprint density at radius 2 is 1.18 bits per heavy atom. The van der Waals surface area contributed by atoms with E-state index in [9.17, 15) is 0 Å². The SMILES string of the molecule is CC(C)OC(C)OCCOc1c(-c2ccccc2)cccc1-c1ccccc1. The Hall–Kier alpha value is -2.62. The molecule has 0 saturated heterocycles. The van der Waals surface area contributed by atoms with Gasteiger partial charge < -0.3 is 14.2 Å². The summed E-state index contributed by atoms with van der Waals surface area (Å²) >= 11 is 0. The van der Waals surface area contributed by atoms with Gasteiger partial charge in [-0.3, -0.25) is 0 Å². The molecule has 0 aliphatic heterocycles. The van der Waals surface area contributed by atoms with Crippen molar-refractivity contribution >= 4 is 0 Å². The molecule has 0 fully saturated rings. The monoisotopic (exact) mass is 376 g/mol. The van der Waals surface area contributed by atoms with Crippen molar-refractivity contribution in [2.24, 2.45) is 0 Å². The van der Waals surface area contributed by atoms with Crippen LogP contribution >= 0.6 is 0 Å². The molecule has 3 rings (SSSR count). The number of rotatable bonds is 9. The average Bonchev–Trinajstić information content (AvgIpc) is 2.72. The molecule has 1 unspecified atom stereocenters. The summed E-state index contributed by atoms with van der Waals surface area (Å²) in [4.78, 5) is 0. The predicted molar refractivity (Wildman–Crippen MR) is 114 cm³/mol. The highest BCUT2D eigenvalue weighted by atomic mass is 16.7. The first kappa shape index (κ1) is 20.1. The second-order valence-corrected chi connectivity index (χ2v) is 6.89. The maximum atomic E-state index is 6.25. The summed E-state index contributed by atoms with van der Waals surface area (Å²) in [6.45, 7) is 6.82. The first-order valence-corrected chi connectivity index (χ1v) is 9.79. The molecule has 28 heavy (non-hydrogen) atoms. The molecule has 0 amide bonds. The number of ether oxygens (including phenoxy) is 3. The fraction of sp³-hybridized carbons (Fsp3) is 0.280. The molecule has 3 heteroatoms. The van der Waals surface area contributed by atoms with E-state index in [1.54, 1.807) is 0 Å². The molecule has 0 radical (unpaired) electrons. The zero-order chi connectivity index (χ0) is 19.8. The molecule has 0 saturated carbocycles. The maximum absolute atomic E-state index is 6.25. The Morgan fingerprint density at radius 3 is 1.68 bits per heavy atom. The Balaban J connectivity index is 1.82. The van der Waals surface area contributed by atoms with Crippen LogP contribution in [0, 0.1) is 0 Å². The summed E-state index contributed by atoms with van der Waals surface area (Å²) in [7, 11) is 0. The molecule has 0 aliphatic rings. The molecular formula is C25H28O3. The third kappa shape index (κ3) is 5.44. The van der Waals surface area contributed by atoms with Crippen LogP contribution in [-0.2, 0) is 9.47 Å². The van der Waals surface area contributed by atoms with Crippen molar-refractivity contribution in [1.82, 2.24) is 0 Å². The third-order valence-electron chi connectivity index (χ3n) is 4.33. The minimum absolute atomic E-state index is 0.138. The third-order valence-corrected chi connectivity index (χ3v) is 4.33. The zero-order valence-electron chi connectivity index (χ0n) is 16.8. The van der Waals surface area contributed by atoms with Crippen LogP contribution in [-0.4, -0.2) is 25.6 Å². The summed E-state index contributed by atoms with van der Waals surface area (Å²) in [5.74, 6) is 0.876. The van der Waals surface area contributed by atoms with E-state index in [4.69, 9.17) is 14.2 Å². The summed E-state index contributed by atoms with van der Waals surface area (Å²) in [5, 5.41) is 0. The highest BCUT2D eigenvalue weighted by Gasteiger charge is 2.13. The lowest BCUT2D eigenvalue weighted by atomic mass is 9.97. The van der Waals surface area contributed by atoms with E-state index in [0.29, 0.717) is 13.2 Å². The fourth-order valence-electron chi connectivity index (χ4n) is 3.16. The Bertz CT molecular complexity index is 786. The highest BCUT2D eigenvalue weighted by molar-refractivity contribution is 5.82. The molecular weight excluding hydrogens is 348 g/mol. The Morgan fingerprint density at radius 1 is 0.643 bits per heavy atom. The summed E-state index contributed by atoms with van der Waals surface area (Å²) < 4.78 is 17.6. The maximum Gasteiger partial charge on any atom is 0.155 e. The highest BCUT2D eigenvalue weighted by Crippen LogP contribution is 2.38. The molecule has 0 aliphatic carbocycles. The van der Waals surface area contributed by atoms with Gasteiger partial charge in [-0.1, -0.05) is 78.9 Å². The van der Waals surface area contributed by atoms with Crippen LogP contribution in [0.5, 0.6) is 5.75 Å². The lowest BCUT2D eigenvalue weighted by molar-refractivity contribution is -0.154. The number of para-hydroxylation sites is 1. The smallest absolute Gasteiger partial charge is 0.155 e. The van der Waals surface area contributed by atoms with Crippen molar-refractivity contribution in [1.29, 1.82) is 0 Å². The van der Waals surface area contributed by atoms with Gasteiger partial charge in [0.15, 0.2) is 6.29 Å². The number of hydrogen-bond donors (Lipinski definition) is 0. The standard InChI is InChI=1S/C25H28O3/c1-19(2)28-20(3)26-17-18-27-25-23(21-11-6-4-7-12-21)15-10-16-24(25)22-13-8-5-9-14-22/h4-16,19-20H,17-18H2,1-3H3. The van der Waals surface area contributed by atoms with Gasteiger partial charge in [0.25, 0.3) is 0 Å². The van der Waals surface area contributed by atoms with E-state index in [2.05, 4.69) is 42.5 Å². The van der Waals surface area contributed by atoms with Crippen molar-refractivity contribution in [2.45, 2.75) is 33.2 Å². The predicted octanol–water partition coefficient (Wildman–Crippen LogP) is 6.19. The molecule has 3 aromatic carbocycles. The van der Waals surface area contributed by atoms with E-state index < -0.39 is 0 Å². The van der Waals surface area contributed by atoms with Gasteiger partial charge in [0.05, 0.1) is 12.7 Å². The van der Waals surface area contributed by atoms with Crippen LogP contribution in [0.1, 0.15) is 20.8 Å². The molecule has 3 aromatic rings. The minimum atomic E-state index is -0.249. The quantitative estimate of drug-likeness (QED) is 0.329. The van der Waals surface area contributed by atoms with Gasteiger partial charge in [-0.2, -0.15) is 0 Å². The van der Waals surface area contributed by atoms with Gasteiger partial charge in [-0.25, -0.2) is 0 Å². The van der Waals surface area contributed by atoms with Crippen LogP contribution in [0.4, 0.5) is 0 Å². The first-order chi connectivity index (χ1) is 13.6. The van der Waals surface area contributed by atoms with Crippen molar-refractivity contribution in [3.63, 3.8) is 0 Å². The van der Waals surface area contributed by atoms with Crippen LogP contribution in [0.3, 0.4) is 0 Å². The molecule has 0 bridgehead atoms. The Kier molecular flexibility index (Phi) is 7.24. The van der Waals surface area contributed by atoms with E-state index in [1.807, 2.05) is 57.2 Å². The van der Waals surface area contributed by atoms with E-state index in [0.717, 1.165) is 28.0 Å². The molecule has 0 aromatic heterocycles. The zero-order valence-corrected chi connectivity index (χ0v) is 16.8. The second-order valence-electron chi connectivity index (χ2n) is 6.89. The van der Waals surface area contributed by atoms with Gasteiger partial charge in [0.2, 0.25) is 0 Å². The fourth-order valence-corrected chi connectivity index (χ4v) is 3.16. The average molecular weight is 376 g/mol. The minimum Gasteiger partial charge on any atom is -0.490 e. The van der Waals surface area contributed by atoms with Crippen molar-refractivity contribution in [3.05, 3.63) is 78.9 Å². The molecule has 146 valence electrons. The van der Waals surface area contributed by atoms with Gasteiger partial charge in [-0.15, -0.1) is 0 Å². The van der Waals surface area contributed by atoms with Crippen LogP contribution in [0.25, 0.3) is 22.3 Å². The summed E-state index contributed by atoms with van der Waals surface area (Å²) in [5.41, 5.74) is 4.42. The van der Waals surface area contributed by atoms with Crippen molar-refractivity contribution < 1.29 is 14.2 Å². The molecule has 0 heterocycles. The summed E-state index contributed by atoms with van der Waals surface area (Å²) in [6.07, 6.45) is -0.110. The van der Waals surface area contributed by atoms with E-state index in [-0.39, 0.29) is 12.4 Å². The molecule has 1 atom stereocenters. The van der Waals surface area contributed by atoms with Gasteiger partial charge in [0.1, 0.15) is 12.4 Å². The lowest BCUT2D eigenvalue weighted by Crippen LogP contribution is -2.20. The first-order valence-electron chi connectivity index (χ1n) is 9.79. The van der Waals surface area contributed by atoms with Crippen LogP contribution < -0.4 is 4.74 Å². The van der Waals surface area contributed by atoms with E-state index in [1.165, 1.54) is 0 Å². The van der Waals surface area contributed by atoms with E-state index >= 15 is 0 Å². The van der Waals surface area contributed by atoms with Crippen molar-refractivity contribution in [2.75, 3.05) is 13.2 Å². The van der Waals surface area contributed by atoms with Gasteiger partial charge in [0, 0.05) is 11.1 Å². The van der Waals surface area contributed by atoms with Crippen LogP contribution in [0.15, 0.2) is 78.9 Å².